The van der Waals surface area contributed by atoms with Crippen LogP contribution in [0.15, 0.2) is 18.2 Å². The standard InChI is InChI=1S/C13H19N3O3/c1-13(17)5-2-6-15(9-13)8-10-3-4-12(16(18)19)11(14)7-10/h3-4,7,17H,2,5-6,8-9,14H2,1H3. The number of benzene rings is 1. The highest BCUT2D eigenvalue weighted by Crippen LogP contribution is 2.25. The van der Waals surface area contributed by atoms with E-state index in [0.29, 0.717) is 13.1 Å². The Bertz CT molecular complexity index is 488. The van der Waals surface area contributed by atoms with Gasteiger partial charge in [-0.05, 0) is 37.9 Å². The Morgan fingerprint density at radius 1 is 1.58 bits per heavy atom. The van der Waals surface area contributed by atoms with Crippen molar-refractivity contribution in [3.8, 4) is 0 Å². The number of piperidine rings is 1. The highest BCUT2D eigenvalue weighted by Gasteiger charge is 2.28. The lowest BCUT2D eigenvalue weighted by molar-refractivity contribution is -0.383. The van der Waals surface area contributed by atoms with Gasteiger partial charge in [-0.2, -0.15) is 0 Å². The Kier molecular flexibility index (Phi) is 3.73. The second-order valence-corrected chi connectivity index (χ2v) is 5.46. The maximum Gasteiger partial charge on any atom is 0.292 e. The van der Waals surface area contributed by atoms with Gasteiger partial charge in [0.15, 0.2) is 0 Å². The molecule has 104 valence electrons. The van der Waals surface area contributed by atoms with Crippen molar-refractivity contribution in [2.45, 2.75) is 31.9 Å². The molecule has 19 heavy (non-hydrogen) atoms. The summed E-state index contributed by atoms with van der Waals surface area (Å²) in [5, 5.41) is 20.7. The molecule has 1 fully saturated rings. The van der Waals surface area contributed by atoms with Crippen LogP contribution in [0.2, 0.25) is 0 Å². The van der Waals surface area contributed by atoms with Crippen molar-refractivity contribution in [3.63, 3.8) is 0 Å². The van der Waals surface area contributed by atoms with E-state index < -0.39 is 10.5 Å². The summed E-state index contributed by atoms with van der Waals surface area (Å²) in [6, 6.07) is 4.80. The molecule has 0 spiro atoms. The second-order valence-electron chi connectivity index (χ2n) is 5.46. The first-order chi connectivity index (χ1) is 8.87. The highest BCUT2D eigenvalue weighted by atomic mass is 16.6. The summed E-state index contributed by atoms with van der Waals surface area (Å²) in [5.74, 6) is 0. The first-order valence-electron chi connectivity index (χ1n) is 6.35. The van der Waals surface area contributed by atoms with Gasteiger partial charge in [0.1, 0.15) is 5.69 Å². The van der Waals surface area contributed by atoms with Gasteiger partial charge in [0, 0.05) is 19.2 Å². The van der Waals surface area contributed by atoms with E-state index in [1.165, 1.54) is 6.07 Å². The lowest BCUT2D eigenvalue weighted by Crippen LogP contribution is -2.45. The molecule has 1 heterocycles. The molecule has 0 saturated carbocycles. The van der Waals surface area contributed by atoms with Crippen LogP contribution in [0.4, 0.5) is 11.4 Å². The minimum Gasteiger partial charge on any atom is -0.393 e. The van der Waals surface area contributed by atoms with Crippen molar-refractivity contribution < 1.29 is 10.0 Å². The zero-order valence-corrected chi connectivity index (χ0v) is 11.0. The molecular formula is C13H19N3O3. The van der Waals surface area contributed by atoms with E-state index in [4.69, 9.17) is 5.73 Å². The lowest BCUT2D eigenvalue weighted by Gasteiger charge is -2.36. The molecule has 1 aliphatic heterocycles. The number of hydrogen-bond acceptors (Lipinski definition) is 5. The number of nitrogen functional groups attached to an aromatic ring is 1. The van der Waals surface area contributed by atoms with E-state index in [1.807, 2.05) is 6.92 Å². The largest absolute Gasteiger partial charge is 0.393 e. The topological polar surface area (TPSA) is 92.6 Å². The van der Waals surface area contributed by atoms with Crippen molar-refractivity contribution in [1.82, 2.24) is 4.90 Å². The Morgan fingerprint density at radius 2 is 2.32 bits per heavy atom. The van der Waals surface area contributed by atoms with Crippen molar-refractivity contribution >= 4 is 11.4 Å². The first kappa shape index (κ1) is 13.8. The third-order valence-electron chi connectivity index (χ3n) is 3.45. The molecule has 1 aliphatic rings. The Morgan fingerprint density at radius 3 is 2.89 bits per heavy atom. The van der Waals surface area contributed by atoms with E-state index in [2.05, 4.69) is 4.90 Å². The Balaban J connectivity index is 2.07. The van der Waals surface area contributed by atoms with Crippen molar-refractivity contribution in [2.24, 2.45) is 0 Å². The molecule has 0 aliphatic carbocycles. The minimum atomic E-state index is -0.648. The fraction of sp³-hybridized carbons (Fsp3) is 0.538. The van der Waals surface area contributed by atoms with Gasteiger partial charge in [-0.1, -0.05) is 6.07 Å². The van der Waals surface area contributed by atoms with Crippen LogP contribution < -0.4 is 5.73 Å². The molecular weight excluding hydrogens is 246 g/mol. The van der Waals surface area contributed by atoms with E-state index in [1.54, 1.807) is 12.1 Å². The molecule has 1 aromatic rings. The van der Waals surface area contributed by atoms with Gasteiger partial charge in [-0.3, -0.25) is 15.0 Å². The number of nitrogens with two attached hydrogens (primary N) is 1. The minimum absolute atomic E-state index is 0.0607. The zero-order chi connectivity index (χ0) is 14.0. The summed E-state index contributed by atoms with van der Waals surface area (Å²) >= 11 is 0. The van der Waals surface area contributed by atoms with E-state index in [0.717, 1.165) is 24.9 Å². The summed E-state index contributed by atoms with van der Waals surface area (Å²) in [5.41, 5.74) is 6.08. The van der Waals surface area contributed by atoms with Crippen LogP contribution in [0.25, 0.3) is 0 Å². The number of anilines is 1. The van der Waals surface area contributed by atoms with Gasteiger partial charge < -0.3 is 10.8 Å². The average molecular weight is 265 g/mol. The van der Waals surface area contributed by atoms with Gasteiger partial charge in [0.05, 0.1) is 10.5 Å². The molecule has 1 saturated heterocycles. The summed E-state index contributed by atoms with van der Waals surface area (Å²) < 4.78 is 0. The van der Waals surface area contributed by atoms with E-state index in [9.17, 15) is 15.2 Å². The molecule has 0 bridgehead atoms. The van der Waals surface area contributed by atoms with Gasteiger partial charge in [-0.15, -0.1) is 0 Å². The number of nitrogens with zero attached hydrogens (tertiary/aromatic N) is 2. The number of likely N-dealkylation sites (tertiary alicyclic amines) is 1. The fourth-order valence-corrected chi connectivity index (χ4v) is 2.59. The van der Waals surface area contributed by atoms with Crippen molar-refractivity contribution in [1.29, 1.82) is 0 Å². The van der Waals surface area contributed by atoms with Gasteiger partial charge in [-0.25, -0.2) is 0 Å². The number of rotatable bonds is 3. The molecule has 1 unspecified atom stereocenters. The van der Waals surface area contributed by atoms with Gasteiger partial charge >= 0.3 is 0 Å². The SMILES string of the molecule is CC1(O)CCCN(Cc2ccc([N+](=O)[O-])c(N)c2)C1. The second kappa shape index (κ2) is 5.14. The highest BCUT2D eigenvalue weighted by molar-refractivity contribution is 5.59. The number of aliphatic hydroxyl groups is 1. The predicted octanol–water partition coefficient (Wildman–Crippen LogP) is 1.52. The fourth-order valence-electron chi connectivity index (χ4n) is 2.59. The molecule has 6 nitrogen and oxygen atoms in total. The van der Waals surface area contributed by atoms with Crippen LogP contribution in [0.1, 0.15) is 25.3 Å². The van der Waals surface area contributed by atoms with Crippen LogP contribution in [0, 0.1) is 10.1 Å². The lowest BCUT2D eigenvalue weighted by atomic mass is 9.95. The third-order valence-corrected chi connectivity index (χ3v) is 3.45. The Hall–Kier alpha value is -1.66. The normalized spacial score (nSPS) is 24.3. The molecule has 0 aromatic heterocycles. The zero-order valence-electron chi connectivity index (χ0n) is 11.0. The quantitative estimate of drug-likeness (QED) is 0.491. The first-order valence-corrected chi connectivity index (χ1v) is 6.35. The molecule has 0 radical (unpaired) electrons. The van der Waals surface area contributed by atoms with E-state index in [-0.39, 0.29) is 11.4 Å². The monoisotopic (exact) mass is 265 g/mol. The van der Waals surface area contributed by atoms with Crippen LogP contribution in [-0.2, 0) is 6.54 Å². The Labute approximate surface area is 112 Å². The maximum absolute atomic E-state index is 10.7. The predicted molar refractivity (Wildman–Crippen MR) is 72.6 cm³/mol. The molecule has 3 N–H and O–H groups in total. The van der Waals surface area contributed by atoms with E-state index >= 15 is 0 Å². The number of hydrogen-bond donors (Lipinski definition) is 2. The number of nitro groups is 1. The molecule has 0 amide bonds. The molecule has 6 heteroatoms. The summed E-state index contributed by atoms with van der Waals surface area (Å²) in [6.45, 7) is 4.03. The summed E-state index contributed by atoms with van der Waals surface area (Å²) in [6.07, 6.45) is 1.77. The number of β-amino-alcohol motifs (C(OH)–C–C–N with tert-alkyl or cyclic N) is 1. The van der Waals surface area contributed by atoms with Gasteiger partial charge in [0.25, 0.3) is 5.69 Å². The van der Waals surface area contributed by atoms with Crippen molar-refractivity contribution in [2.75, 3.05) is 18.8 Å². The van der Waals surface area contributed by atoms with Crippen LogP contribution in [0.5, 0.6) is 0 Å². The van der Waals surface area contributed by atoms with Crippen LogP contribution >= 0.6 is 0 Å². The third kappa shape index (κ3) is 3.42. The number of nitro benzene ring substituents is 1. The summed E-state index contributed by atoms with van der Waals surface area (Å²) in [4.78, 5) is 12.4. The summed E-state index contributed by atoms with van der Waals surface area (Å²) in [7, 11) is 0. The average Bonchev–Trinajstić information content (AvgIpc) is 2.27. The molecule has 1 atom stereocenters. The van der Waals surface area contributed by atoms with Gasteiger partial charge in [0.2, 0.25) is 0 Å². The smallest absolute Gasteiger partial charge is 0.292 e. The van der Waals surface area contributed by atoms with Crippen LogP contribution in [0.3, 0.4) is 0 Å². The molecule has 2 rings (SSSR count). The van der Waals surface area contributed by atoms with Crippen LogP contribution in [-0.4, -0.2) is 33.6 Å². The van der Waals surface area contributed by atoms with Crippen molar-refractivity contribution in [3.05, 3.63) is 33.9 Å². The molecule has 1 aromatic carbocycles. The maximum atomic E-state index is 10.7.